The van der Waals surface area contributed by atoms with Gasteiger partial charge in [-0.2, -0.15) is 13.2 Å². The standard InChI is InChI=1S/C20H20ClF7O3/c1-4-5-30-7-9-14(22)16(24)10(17(25)15(9)23)8-31-18(29)13-11(19(13,2)3)6-12(21)20(26,27)28/h6,11,13H,4-5,7-8H2,1-3H3/b12-6-/t11-,13-/m1/s1. The summed E-state index contributed by atoms with van der Waals surface area (Å²) in [7, 11) is 0. The number of ether oxygens (including phenoxy) is 2. The number of hydrogen-bond donors (Lipinski definition) is 0. The van der Waals surface area contributed by atoms with E-state index < -0.39 is 82.0 Å². The summed E-state index contributed by atoms with van der Waals surface area (Å²) >= 11 is 5.19. The monoisotopic (exact) mass is 476 g/mol. The van der Waals surface area contributed by atoms with Gasteiger partial charge in [0.2, 0.25) is 0 Å². The fourth-order valence-corrected chi connectivity index (χ4v) is 3.35. The Bertz CT molecular complexity index is 852. The van der Waals surface area contributed by atoms with Crippen molar-refractivity contribution in [3.05, 3.63) is 45.5 Å². The zero-order chi connectivity index (χ0) is 23.7. The Morgan fingerprint density at radius 3 is 1.97 bits per heavy atom. The Kier molecular flexibility index (Phi) is 7.68. The van der Waals surface area contributed by atoms with Crippen LogP contribution in [0.15, 0.2) is 11.1 Å². The first-order chi connectivity index (χ1) is 14.2. The van der Waals surface area contributed by atoms with Crippen LogP contribution >= 0.6 is 11.6 Å². The second-order valence-electron chi connectivity index (χ2n) is 7.71. The Morgan fingerprint density at radius 2 is 1.52 bits per heavy atom. The lowest BCUT2D eigenvalue weighted by Gasteiger charge is -2.13. The summed E-state index contributed by atoms with van der Waals surface area (Å²) in [6, 6.07) is 0. The molecule has 0 saturated heterocycles. The van der Waals surface area contributed by atoms with Gasteiger partial charge in [0.05, 0.1) is 23.7 Å². The highest BCUT2D eigenvalue weighted by Crippen LogP contribution is 2.60. The fourth-order valence-electron chi connectivity index (χ4n) is 3.22. The predicted molar refractivity (Wildman–Crippen MR) is 96.8 cm³/mol. The van der Waals surface area contributed by atoms with Crippen LogP contribution in [0.3, 0.4) is 0 Å². The molecule has 1 aromatic rings. The Hall–Kier alpha value is -1.81. The topological polar surface area (TPSA) is 35.5 Å². The fraction of sp³-hybridized carbons (Fsp3) is 0.550. The molecule has 1 aromatic carbocycles. The summed E-state index contributed by atoms with van der Waals surface area (Å²) in [6.45, 7) is 2.97. The Balaban J connectivity index is 2.15. The van der Waals surface area contributed by atoms with Gasteiger partial charge in [-0.25, -0.2) is 17.6 Å². The number of alkyl halides is 3. The Morgan fingerprint density at radius 1 is 1.03 bits per heavy atom. The van der Waals surface area contributed by atoms with Crippen molar-refractivity contribution in [3.63, 3.8) is 0 Å². The van der Waals surface area contributed by atoms with Crippen LogP contribution in [0.4, 0.5) is 30.7 Å². The van der Waals surface area contributed by atoms with Gasteiger partial charge in [0, 0.05) is 6.61 Å². The number of allylic oxidation sites excluding steroid dienone is 2. The van der Waals surface area contributed by atoms with Gasteiger partial charge in [0.1, 0.15) is 11.6 Å². The first kappa shape index (κ1) is 25.5. The number of esters is 1. The summed E-state index contributed by atoms with van der Waals surface area (Å²) in [5.41, 5.74) is -3.05. The van der Waals surface area contributed by atoms with Crippen LogP contribution in [0.25, 0.3) is 0 Å². The van der Waals surface area contributed by atoms with Crippen molar-refractivity contribution in [1.82, 2.24) is 0 Å². The van der Waals surface area contributed by atoms with Crippen molar-refractivity contribution in [1.29, 1.82) is 0 Å². The highest BCUT2D eigenvalue weighted by molar-refractivity contribution is 6.30. The summed E-state index contributed by atoms with van der Waals surface area (Å²) < 4.78 is 104. The zero-order valence-corrected chi connectivity index (χ0v) is 17.6. The molecule has 0 heterocycles. The number of hydrogen-bond acceptors (Lipinski definition) is 3. The molecule has 0 aliphatic heterocycles. The van der Waals surface area contributed by atoms with E-state index in [1.54, 1.807) is 6.92 Å². The van der Waals surface area contributed by atoms with E-state index in [4.69, 9.17) is 21.1 Å². The maximum Gasteiger partial charge on any atom is 0.426 e. The predicted octanol–water partition coefficient (Wildman–Crippen LogP) is 6.17. The number of halogens is 8. The SMILES string of the molecule is CCCOCc1c(F)c(F)c(COC(=O)[C@H]2[C@@H](/C=C(\Cl)C(F)(F)F)C2(C)C)c(F)c1F. The minimum atomic E-state index is -4.79. The van der Waals surface area contributed by atoms with Crippen molar-refractivity contribution in [2.24, 2.45) is 17.3 Å². The molecule has 1 fully saturated rings. The zero-order valence-electron chi connectivity index (χ0n) is 16.8. The summed E-state index contributed by atoms with van der Waals surface area (Å²) in [5.74, 6) is -9.92. The normalized spacial score (nSPS) is 20.7. The van der Waals surface area contributed by atoms with Gasteiger partial charge in [-0.15, -0.1) is 0 Å². The molecule has 1 aliphatic rings. The quantitative estimate of drug-likeness (QED) is 0.195. The third kappa shape index (κ3) is 5.34. The van der Waals surface area contributed by atoms with E-state index in [1.807, 2.05) is 0 Å². The van der Waals surface area contributed by atoms with E-state index >= 15 is 0 Å². The highest BCUT2D eigenvalue weighted by atomic mass is 35.5. The van der Waals surface area contributed by atoms with Crippen molar-refractivity contribution in [2.45, 2.75) is 46.6 Å². The molecular weight excluding hydrogens is 457 g/mol. The maximum absolute atomic E-state index is 14.2. The molecule has 11 heteroatoms. The Labute approximate surface area is 179 Å². The summed E-state index contributed by atoms with van der Waals surface area (Å²) in [5, 5.41) is -1.41. The van der Waals surface area contributed by atoms with Gasteiger partial charge in [-0.05, 0) is 17.8 Å². The molecule has 2 rings (SSSR count). The van der Waals surface area contributed by atoms with Crippen LogP contribution in [-0.4, -0.2) is 18.8 Å². The minimum Gasteiger partial charge on any atom is -0.460 e. The van der Waals surface area contributed by atoms with Crippen LogP contribution in [0.1, 0.15) is 38.3 Å². The molecule has 31 heavy (non-hydrogen) atoms. The van der Waals surface area contributed by atoms with E-state index in [9.17, 15) is 35.5 Å². The van der Waals surface area contributed by atoms with Crippen LogP contribution in [0.5, 0.6) is 0 Å². The highest BCUT2D eigenvalue weighted by Gasteiger charge is 2.62. The number of benzene rings is 1. The van der Waals surface area contributed by atoms with E-state index in [-0.39, 0.29) is 6.61 Å². The summed E-state index contributed by atoms with van der Waals surface area (Å²) in [4.78, 5) is 12.2. The average Bonchev–Trinajstić information content (AvgIpc) is 3.22. The molecule has 3 nitrogen and oxygen atoms in total. The molecule has 0 N–H and O–H groups in total. The van der Waals surface area contributed by atoms with Crippen molar-refractivity contribution >= 4 is 17.6 Å². The molecule has 0 spiro atoms. The van der Waals surface area contributed by atoms with Crippen molar-refractivity contribution in [3.8, 4) is 0 Å². The van der Waals surface area contributed by atoms with Gasteiger partial charge >= 0.3 is 12.1 Å². The van der Waals surface area contributed by atoms with Gasteiger partial charge < -0.3 is 9.47 Å². The minimum absolute atomic E-state index is 0.118. The first-order valence-electron chi connectivity index (χ1n) is 9.27. The van der Waals surface area contributed by atoms with Crippen LogP contribution in [-0.2, 0) is 27.5 Å². The van der Waals surface area contributed by atoms with Gasteiger partial charge in [-0.1, -0.05) is 38.4 Å². The van der Waals surface area contributed by atoms with Crippen LogP contribution in [0.2, 0.25) is 0 Å². The second-order valence-corrected chi connectivity index (χ2v) is 8.12. The lowest BCUT2D eigenvalue weighted by molar-refractivity contribution is -0.147. The molecule has 1 saturated carbocycles. The molecule has 2 atom stereocenters. The number of carbonyl (C=O) groups is 1. The van der Waals surface area contributed by atoms with Crippen LogP contribution in [0, 0.1) is 40.5 Å². The lowest BCUT2D eigenvalue weighted by atomic mass is 10.1. The summed E-state index contributed by atoms with van der Waals surface area (Å²) in [6.07, 6.45) is -3.61. The van der Waals surface area contributed by atoms with Crippen molar-refractivity contribution < 1.29 is 45.0 Å². The van der Waals surface area contributed by atoms with E-state index in [2.05, 4.69) is 0 Å². The maximum atomic E-state index is 14.2. The molecule has 0 aromatic heterocycles. The molecule has 1 aliphatic carbocycles. The third-order valence-electron chi connectivity index (χ3n) is 5.16. The molecule has 174 valence electrons. The lowest BCUT2D eigenvalue weighted by Crippen LogP contribution is -2.15. The largest absolute Gasteiger partial charge is 0.460 e. The molecule has 0 unspecified atom stereocenters. The molecular formula is C20H20ClF7O3. The van der Waals surface area contributed by atoms with E-state index in [0.29, 0.717) is 12.5 Å². The first-order valence-corrected chi connectivity index (χ1v) is 9.65. The molecule has 0 amide bonds. The van der Waals surface area contributed by atoms with Gasteiger partial charge in [-0.3, -0.25) is 4.79 Å². The van der Waals surface area contributed by atoms with Crippen molar-refractivity contribution in [2.75, 3.05) is 6.61 Å². The van der Waals surface area contributed by atoms with Crippen LogP contribution < -0.4 is 0 Å². The second kappa shape index (κ2) is 9.36. The smallest absolute Gasteiger partial charge is 0.426 e. The van der Waals surface area contributed by atoms with Gasteiger partial charge in [0.25, 0.3) is 0 Å². The number of carbonyl (C=O) groups excluding carboxylic acids is 1. The molecule has 0 bridgehead atoms. The third-order valence-corrected chi connectivity index (χ3v) is 5.50. The van der Waals surface area contributed by atoms with E-state index in [0.717, 1.165) is 0 Å². The van der Waals surface area contributed by atoms with E-state index in [1.165, 1.54) is 13.8 Å². The van der Waals surface area contributed by atoms with Gasteiger partial charge in [0.15, 0.2) is 23.3 Å². The number of rotatable bonds is 8. The molecule has 0 radical (unpaired) electrons. The average molecular weight is 477 g/mol.